The second kappa shape index (κ2) is 4.63. The van der Waals surface area contributed by atoms with Crippen LogP contribution in [-0.2, 0) is 4.74 Å². The number of hydrogen-bond acceptors (Lipinski definition) is 2. The van der Waals surface area contributed by atoms with E-state index in [0.717, 1.165) is 0 Å². The van der Waals surface area contributed by atoms with Crippen LogP contribution in [0.2, 0.25) is 0 Å². The molecule has 0 fully saturated rings. The summed E-state index contributed by atoms with van der Waals surface area (Å²) in [5.41, 5.74) is 5.92. The van der Waals surface area contributed by atoms with Gasteiger partial charge in [-0.2, -0.15) is 0 Å². The molecule has 0 heterocycles. The molecule has 0 spiro atoms. The zero-order valence-corrected chi connectivity index (χ0v) is 8.63. The molecule has 0 aliphatic carbocycles. The van der Waals surface area contributed by atoms with Crippen LogP contribution in [0.4, 0.5) is 0 Å². The average molecular weight is 171 g/mol. The van der Waals surface area contributed by atoms with Gasteiger partial charge in [0, 0.05) is 12.6 Å². The molecule has 72 valence electrons. The van der Waals surface area contributed by atoms with Crippen molar-refractivity contribution in [2.75, 3.05) is 6.61 Å². The van der Waals surface area contributed by atoms with Crippen molar-refractivity contribution in [2.45, 2.75) is 39.8 Å². The lowest BCUT2D eigenvalue weighted by Crippen LogP contribution is -2.44. The van der Waals surface area contributed by atoms with E-state index in [1.807, 2.05) is 6.92 Å². The molecule has 0 aromatic heterocycles. The molecule has 12 heavy (non-hydrogen) atoms. The van der Waals surface area contributed by atoms with Gasteiger partial charge < -0.3 is 10.5 Å². The Morgan fingerprint density at radius 1 is 1.50 bits per heavy atom. The van der Waals surface area contributed by atoms with Crippen LogP contribution in [0.25, 0.3) is 0 Å². The first-order valence-corrected chi connectivity index (χ1v) is 4.43. The fourth-order valence-electron chi connectivity index (χ4n) is 1.24. The van der Waals surface area contributed by atoms with E-state index in [2.05, 4.69) is 27.4 Å². The summed E-state index contributed by atoms with van der Waals surface area (Å²) in [6.45, 7) is 12.7. The molecule has 2 nitrogen and oxygen atoms in total. The minimum Gasteiger partial charge on any atom is -0.376 e. The number of rotatable bonds is 4. The van der Waals surface area contributed by atoms with Crippen molar-refractivity contribution in [2.24, 2.45) is 11.1 Å². The zero-order valence-electron chi connectivity index (χ0n) is 8.63. The maximum atomic E-state index is 5.85. The molecule has 0 radical (unpaired) electrons. The second-order valence-electron chi connectivity index (χ2n) is 4.06. The van der Waals surface area contributed by atoms with Gasteiger partial charge in [0.05, 0.1) is 6.10 Å². The van der Waals surface area contributed by atoms with E-state index in [1.165, 1.54) is 0 Å². The molecule has 2 N–H and O–H groups in total. The summed E-state index contributed by atoms with van der Waals surface area (Å²) in [5.74, 6) is 0. The van der Waals surface area contributed by atoms with Crippen LogP contribution in [0.15, 0.2) is 12.7 Å². The van der Waals surface area contributed by atoms with Crippen LogP contribution < -0.4 is 5.73 Å². The molecule has 2 unspecified atom stereocenters. The Morgan fingerprint density at radius 2 is 2.00 bits per heavy atom. The van der Waals surface area contributed by atoms with E-state index in [0.29, 0.717) is 6.61 Å². The van der Waals surface area contributed by atoms with Crippen LogP contribution in [0.3, 0.4) is 0 Å². The van der Waals surface area contributed by atoms with E-state index in [1.54, 1.807) is 6.08 Å². The SMILES string of the molecule is C=CC(N)C(OCC)C(C)(C)C. The summed E-state index contributed by atoms with van der Waals surface area (Å²) in [7, 11) is 0. The van der Waals surface area contributed by atoms with Gasteiger partial charge in [0.2, 0.25) is 0 Å². The summed E-state index contributed by atoms with van der Waals surface area (Å²) < 4.78 is 5.56. The van der Waals surface area contributed by atoms with Gasteiger partial charge in [-0.05, 0) is 12.3 Å². The Labute approximate surface area is 75.8 Å². The van der Waals surface area contributed by atoms with Crippen LogP contribution in [0.1, 0.15) is 27.7 Å². The molecule has 0 aromatic carbocycles. The van der Waals surface area contributed by atoms with Crippen molar-refractivity contribution < 1.29 is 4.74 Å². The normalized spacial score (nSPS) is 17.1. The quantitative estimate of drug-likeness (QED) is 0.656. The van der Waals surface area contributed by atoms with E-state index in [9.17, 15) is 0 Å². The molecule has 0 saturated carbocycles. The van der Waals surface area contributed by atoms with E-state index in [-0.39, 0.29) is 17.6 Å². The highest BCUT2D eigenvalue weighted by molar-refractivity contribution is 4.94. The molecule has 0 amide bonds. The summed E-state index contributed by atoms with van der Waals surface area (Å²) >= 11 is 0. The fraction of sp³-hybridized carbons (Fsp3) is 0.800. The predicted molar refractivity (Wildman–Crippen MR) is 53.0 cm³/mol. The molecule has 0 aliphatic heterocycles. The smallest absolute Gasteiger partial charge is 0.0809 e. The lowest BCUT2D eigenvalue weighted by Gasteiger charge is -2.33. The zero-order chi connectivity index (χ0) is 9.78. The Bertz CT molecular complexity index is 137. The first kappa shape index (κ1) is 11.7. The van der Waals surface area contributed by atoms with Crippen LogP contribution in [-0.4, -0.2) is 18.8 Å². The third-order valence-corrected chi connectivity index (χ3v) is 1.82. The van der Waals surface area contributed by atoms with Crippen molar-refractivity contribution in [3.05, 3.63) is 12.7 Å². The monoisotopic (exact) mass is 171 g/mol. The third-order valence-electron chi connectivity index (χ3n) is 1.82. The topological polar surface area (TPSA) is 35.2 Å². The minimum atomic E-state index is -0.0788. The number of nitrogens with two attached hydrogens (primary N) is 1. The second-order valence-corrected chi connectivity index (χ2v) is 4.06. The van der Waals surface area contributed by atoms with E-state index < -0.39 is 0 Å². The summed E-state index contributed by atoms with van der Waals surface area (Å²) in [5, 5.41) is 0. The molecule has 0 aromatic rings. The van der Waals surface area contributed by atoms with Gasteiger partial charge in [-0.3, -0.25) is 0 Å². The Morgan fingerprint density at radius 3 is 2.25 bits per heavy atom. The van der Waals surface area contributed by atoms with Crippen molar-refractivity contribution in [1.29, 1.82) is 0 Å². The first-order valence-electron chi connectivity index (χ1n) is 4.43. The van der Waals surface area contributed by atoms with Crippen molar-refractivity contribution in [3.8, 4) is 0 Å². The Balaban J connectivity index is 4.32. The van der Waals surface area contributed by atoms with Crippen molar-refractivity contribution >= 4 is 0 Å². The predicted octanol–water partition coefficient (Wildman–Crippen LogP) is 1.95. The maximum absolute atomic E-state index is 5.85. The molecular weight excluding hydrogens is 150 g/mol. The lowest BCUT2D eigenvalue weighted by atomic mass is 9.85. The van der Waals surface area contributed by atoms with Gasteiger partial charge in [-0.1, -0.05) is 26.8 Å². The van der Waals surface area contributed by atoms with Crippen LogP contribution >= 0.6 is 0 Å². The van der Waals surface area contributed by atoms with E-state index in [4.69, 9.17) is 10.5 Å². The van der Waals surface area contributed by atoms with E-state index >= 15 is 0 Å². The molecular formula is C10H21NO. The maximum Gasteiger partial charge on any atom is 0.0809 e. The molecule has 0 aliphatic rings. The first-order chi connectivity index (χ1) is 5.43. The fourth-order valence-corrected chi connectivity index (χ4v) is 1.24. The molecule has 0 rings (SSSR count). The van der Waals surface area contributed by atoms with Crippen molar-refractivity contribution in [3.63, 3.8) is 0 Å². The highest BCUT2D eigenvalue weighted by Crippen LogP contribution is 2.24. The van der Waals surface area contributed by atoms with Gasteiger partial charge in [0.15, 0.2) is 0 Å². The summed E-state index contributed by atoms with van der Waals surface area (Å²) in [6.07, 6.45) is 1.80. The van der Waals surface area contributed by atoms with Gasteiger partial charge in [0.25, 0.3) is 0 Å². The molecule has 2 atom stereocenters. The number of hydrogen-bond donors (Lipinski definition) is 1. The highest BCUT2D eigenvalue weighted by Gasteiger charge is 2.28. The van der Waals surface area contributed by atoms with Crippen LogP contribution in [0.5, 0.6) is 0 Å². The summed E-state index contributed by atoms with van der Waals surface area (Å²) in [4.78, 5) is 0. The van der Waals surface area contributed by atoms with Crippen molar-refractivity contribution in [1.82, 2.24) is 0 Å². The standard InChI is InChI=1S/C10H21NO/c1-6-8(11)9(12-7-2)10(3,4)5/h6,8-9H,1,7,11H2,2-5H3. The Hall–Kier alpha value is -0.340. The highest BCUT2D eigenvalue weighted by atomic mass is 16.5. The summed E-state index contributed by atoms with van der Waals surface area (Å²) in [6, 6.07) is -0.0788. The third kappa shape index (κ3) is 3.37. The average Bonchev–Trinajstić information content (AvgIpc) is 1.96. The van der Waals surface area contributed by atoms with Gasteiger partial charge in [0.1, 0.15) is 0 Å². The largest absolute Gasteiger partial charge is 0.376 e. The van der Waals surface area contributed by atoms with Gasteiger partial charge in [-0.15, -0.1) is 6.58 Å². The minimum absolute atomic E-state index is 0.0556. The lowest BCUT2D eigenvalue weighted by molar-refractivity contribution is -0.0185. The molecule has 2 heteroatoms. The Kier molecular flexibility index (Phi) is 4.50. The molecule has 0 bridgehead atoms. The van der Waals surface area contributed by atoms with Crippen LogP contribution in [0, 0.1) is 5.41 Å². The number of ether oxygens (including phenoxy) is 1. The van der Waals surface area contributed by atoms with Gasteiger partial charge >= 0.3 is 0 Å². The molecule has 0 saturated heterocycles. The van der Waals surface area contributed by atoms with Gasteiger partial charge in [-0.25, -0.2) is 0 Å².